The van der Waals surface area contributed by atoms with Crippen LogP contribution in [0.5, 0.6) is 0 Å². The molecule has 1 aliphatic rings. The number of hydrogen-bond acceptors (Lipinski definition) is 5. The Hall–Kier alpha value is -2.54. The molecule has 0 aromatic carbocycles. The summed E-state index contributed by atoms with van der Waals surface area (Å²) in [6.45, 7) is 4.73. The van der Waals surface area contributed by atoms with E-state index in [9.17, 15) is 9.59 Å². The van der Waals surface area contributed by atoms with Crippen molar-refractivity contribution in [1.82, 2.24) is 15.1 Å². The van der Waals surface area contributed by atoms with Gasteiger partial charge < -0.3 is 19.1 Å². The van der Waals surface area contributed by atoms with Crippen molar-refractivity contribution in [2.45, 2.75) is 19.5 Å². The molecule has 0 saturated carbocycles. The molecule has 1 N–H and O–H groups in total. The number of nitrogens with one attached hydrogen (secondary N) is 1. The molecule has 24 heavy (non-hydrogen) atoms. The summed E-state index contributed by atoms with van der Waals surface area (Å²) in [5.41, 5.74) is 0. The smallest absolute Gasteiger partial charge is 0.289 e. The second-order valence-corrected chi connectivity index (χ2v) is 5.78. The van der Waals surface area contributed by atoms with Crippen LogP contribution in [0.4, 0.5) is 0 Å². The standard InChI is InChI=1S/C17H21N3O4/c1-13(16(21)18-12-14-4-2-10-23-14)19-6-8-20(9-7-19)17(22)15-5-3-11-24-15/h2-5,10-11,13H,6-9,12H2,1H3,(H,18,21)/t13-/m1/s1. The maximum absolute atomic E-state index is 12.2. The largest absolute Gasteiger partial charge is 0.467 e. The lowest BCUT2D eigenvalue weighted by atomic mass is 10.2. The topological polar surface area (TPSA) is 78.9 Å². The molecule has 3 heterocycles. The molecule has 2 aromatic rings. The Labute approximate surface area is 140 Å². The number of rotatable bonds is 5. The maximum atomic E-state index is 12.2. The van der Waals surface area contributed by atoms with E-state index >= 15 is 0 Å². The fourth-order valence-corrected chi connectivity index (χ4v) is 2.77. The van der Waals surface area contributed by atoms with E-state index in [0.717, 1.165) is 5.76 Å². The lowest BCUT2D eigenvalue weighted by molar-refractivity contribution is -0.126. The molecule has 0 unspecified atom stereocenters. The summed E-state index contributed by atoms with van der Waals surface area (Å²) in [7, 11) is 0. The number of nitrogens with zero attached hydrogens (tertiary/aromatic N) is 2. The van der Waals surface area contributed by atoms with Crippen LogP contribution in [-0.4, -0.2) is 53.8 Å². The van der Waals surface area contributed by atoms with E-state index in [2.05, 4.69) is 10.2 Å². The van der Waals surface area contributed by atoms with Crippen molar-refractivity contribution in [1.29, 1.82) is 0 Å². The van der Waals surface area contributed by atoms with E-state index in [4.69, 9.17) is 8.83 Å². The minimum atomic E-state index is -0.249. The molecule has 7 nitrogen and oxygen atoms in total. The number of furan rings is 2. The van der Waals surface area contributed by atoms with Gasteiger partial charge >= 0.3 is 0 Å². The number of hydrogen-bond donors (Lipinski definition) is 1. The Morgan fingerprint density at radius 3 is 2.46 bits per heavy atom. The van der Waals surface area contributed by atoms with Crippen molar-refractivity contribution >= 4 is 11.8 Å². The maximum Gasteiger partial charge on any atom is 0.289 e. The normalized spacial score (nSPS) is 16.8. The lowest BCUT2D eigenvalue weighted by Gasteiger charge is -2.37. The van der Waals surface area contributed by atoms with Crippen LogP contribution in [0.25, 0.3) is 0 Å². The van der Waals surface area contributed by atoms with Gasteiger partial charge in [0.15, 0.2) is 5.76 Å². The van der Waals surface area contributed by atoms with Gasteiger partial charge in [0.1, 0.15) is 5.76 Å². The van der Waals surface area contributed by atoms with E-state index in [1.807, 2.05) is 13.0 Å². The average molecular weight is 331 g/mol. The average Bonchev–Trinajstić information content (AvgIpc) is 3.32. The molecular formula is C17H21N3O4. The van der Waals surface area contributed by atoms with Crippen LogP contribution in [0.15, 0.2) is 45.6 Å². The highest BCUT2D eigenvalue weighted by molar-refractivity contribution is 5.91. The second kappa shape index (κ2) is 7.35. The Balaban J connectivity index is 1.47. The summed E-state index contributed by atoms with van der Waals surface area (Å²) in [6, 6.07) is 6.74. The molecule has 0 spiro atoms. The van der Waals surface area contributed by atoms with Crippen LogP contribution in [-0.2, 0) is 11.3 Å². The molecule has 128 valence electrons. The summed E-state index contributed by atoms with van der Waals surface area (Å²) >= 11 is 0. The van der Waals surface area contributed by atoms with Gasteiger partial charge in [0, 0.05) is 26.2 Å². The molecule has 0 bridgehead atoms. The minimum Gasteiger partial charge on any atom is -0.467 e. The van der Waals surface area contributed by atoms with Crippen molar-refractivity contribution in [2.24, 2.45) is 0 Å². The van der Waals surface area contributed by atoms with E-state index < -0.39 is 0 Å². The Bertz CT molecular complexity index is 658. The van der Waals surface area contributed by atoms with Crippen LogP contribution < -0.4 is 5.32 Å². The molecule has 2 aromatic heterocycles. The predicted molar refractivity (Wildman–Crippen MR) is 86.2 cm³/mol. The van der Waals surface area contributed by atoms with Crippen LogP contribution >= 0.6 is 0 Å². The third-order valence-corrected chi connectivity index (χ3v) is 4.28. The van der Waals surface area contributed by atoms with Gasteiger partial charge in [-0.05, 0) is 31.2 Å². The van der Waals surface area contributed by atoms with Gasteiger partial charge in [-0.2, -0.15) is 0 Å². The van der Waals surface area contributed by atoms with Crippen molar-refractivity contribution in [2.75, 3.05) is 26.2 Å². The summed E-state index contributed by atoms with van der Waals surface area (Å²) in [5.74, 6) is 0.934. The number of piperazine rings is 1. The fourth-order valence-electron chi connectivity index (χ4n) is 2.77. The zero-order valence-electron chi connectivity index (χ0n) is 13.6. The van der Waals surface area contributed by atoms with E-state index in [1.165, 1.54) is 6.26 Å². The first-order chi connectivity index (χ1) is 11.6. The number of amides is 2. The lowest BCUT2D eigenvalue weighted by Crippen LogP contribution is -2.54. The second-order valence-electron chi connectivity index (χ2n) is 5.78. The highest BCUT2D eigenvalue weighted by Gasteiger charge is 2.28. The Morgan fingerprint density at radius 2 is 1.83 bits per heavy atom. The van der Waals surface area contributed by atoms with E-state index in [0.29, 0.717) is 38.5 Å². The number of carbonyl (C=O) groups excluding carboxylic acids is 2. The third kappa shape index (κ3) is 3.68. The third-order valence-electron chi connectivity index (χ3n) is 4.28. The first-order valence-corrected chi connectivity index (χ1v) is 8.02. The first-order valence-electron chi connectivity index (χ1n) is 8.02. The predicted octanol–water partition coefficient (Wildman–Crippen LogP) is 1.34. The molecule has 7 heteroatoms. The monoisotopic (exact) mass is 331 g/mol. The molecule has 2 amide bonds. The molecule has 1 fully saturated rings. The summed E-state index contributed by atoms with van der Waals surface area (Å²) in [6.07, 6.45) is 3.08. The number of carbonyl (C=O) groups is 2. The SMILES string of the molecule is C[C@H](C(=O)NCc1ccco1)N1CCN(C(=O)c2ccco2)CC1. The van der Waals surface area contributed by atoms with Gasteiger partial charge in [-0.25, -0.2) is 0 Å². The van der Waals surface area contributed by atoms with Crippen LogP contribution in [0.2, 0.25) is 0 Å². The van der Waals surface area contributed by atoms with Gasteiger partial charge in [0.2, 0.25) is 5.91 Å². The summed E-state index contributed by atoms with van der Waals surface area (Å²) in [4.78, 5) is 28.3. The van der Waals surface area contributed by atoms with Crippen molar-refractivity contribution in [3.05, 3.63) is 48.3 Å². The molecule has 1 aliphatic heterocycles. The van der Waals surface area contributed by atoms with Gasteiger partial charge in [-0.1, -0.05) is 0 Å². The molecule has 1 atom stereocenters. The Kier molecular flexibility index (Phi) is 5.00. The molecule has 1 saturated heterocycles. The van der Waals surface area contributed by atoms with Crippen molar-refractivity contribution in [3.63, 3.8) is 0 Å². The van der Waals surface area contributed by atoms with Gasteiger partial charge in [-0.15, -0.1) is 0 Å². The zero-order chi connectivity index (χ0) is 16.9. The first kappa shape index (κ1) is 16.3. The van der Waals surface area contributed by atoms with Crippen LogP contribution in [0.3, 0.4) is 0 Å². The van der Waals surface area contributed by atoms with Crippen LogP contribution in [0, 0.1) is 0 Å². The van der Waals surface area contributed by atoms with Crippen molar-refractivity contribution in [3.8, 4) is 0 Å². The molecule has 0 aliphatic carbocycles. The van der Waals surface area contributed by atoms with Gasteiger partial charge in [-0.3, -0.25) is 14.5 Å². The van der Waals surface area contributed by atoms with Gasteiger partial charge in [0.25, 0.3) is 5.91 Å². The highest BCUT2D eigenvalue weighted by Crippen LogP contribution is 2.11. The van der Waals surface area contributed by atoms with Gasteiger partial charge in [0.05, 0.1) is 25.1 Å². The van der Waals surface area contributed by atoms with E-state index in [1.54, 1.807) is 29.4 Å². The van der Waals surface area contributed by atoms with E-state index in [-0.39, 0.29) is 17.9 Å². The molecular weight excluding hydrogens is 310 g/mol. The summed E-state index contributed by atoms with van der Waals surface area (Å²) < 4.78 is 10.4. The zero-order valence-corrected chi connectivity index (χ0v) is 13.6. The quantitative estimate of drug-likeness (QED) is 0.894. The van der Waals surface area contributed by atoms with Crippen molar-refractivity contribution < 1.29 is 18.4 Å². The fraction of sp³-hybridized carbons (Fsp3) is 0.412. The Morgan fingerprint density at radius 1 is 1.12 bits per heavy atom. The summed E-state index contributed by atoms with van der Waals surface area (Å²) in [5, 5.41) is 2.87. The highest BCUT2D eigenvalue weighted by atomic mass is 16.3. The minimum absolute atomic E-state index is 0.0442. The molecule has 0 radical (unpaired) electrons. The molecule has 3 rings (SSSR count). The van der Waals surface area contributed by atoms with Crippen LogP contribution in [0.1, 0.15) is 23.2 Å².